The van der Waals surface area contributed by atoms with Gasteiger partial charge in [-0.05, 0) is 69.8 Å². The standard InChI is InChI=1S/C22H19N4.C5H8O2.Ir/c1-13-7-5-8-17(16(13)4)18-9-6-10-19-22(18)20-11-14(2)23-26(20)21-12-15(3)24-25(19)21;1-4(6)3-5(2)7;/h5-9,11-12H,1-4H3;3,6H,1-2H3;/q-1;;/b;4-3-;. The minimum atomic E-state index is -0.125. The zero-order chi connectivity index (χ0) is 23.9. The molecule has 0 atom stereocenters. The normalized spacial score (nSPS) is 11.4. The van der Waals surface area contributed by atoms with E-state index >= 15 is 0 Å². The Morgan fingerprint density at radius 1 is 0.971 bits per heavy atom. The van der Waals surface area contributed by atoms with Crippen molar-refractivity contribution in [3.8, 4) is 11.1 Å². The summed E-state index contributed by atoms with van der Waals surface area (Å²) in [6.07, 6.45) is 1.17. The predicted octanol–water partition coefficient (Wildman–Crippen LogP) is 5.87. The van der Waals surface area contributed by atoms with Gasteiger partial charge >= 0.3 is 0 Å². The molecule has 0 aliphatic heterocycles. The zero-order valence-corrected chi connectivity index (χ0v) is 22.5. The molecule has 0 spiro atoms. The average molecular weight is 632 g/mol. The number of rotatable bonds is 2. The number of fused-ring (bicyclic) bond motifs is 6. The first-order valence-electron chi connectivity index (χ1n) is 10.8. The van der Waals surface area contributed by atoms with E-state index in [1.54, 1.807) is 0 Å². The number of nitrogens with zero attached hydrogens (tertiary/aromatic N) is 4. The summed E-state index contributed by atoms with van der Waals surface area (Å²) in [4.78, 5) is 10.0. The van der Waals surface area contributed by atoms with Crippen LogP contribution in [0.4, 0.5) is 0 Å². The number of carbonyl (C=O) groups excluding carboxylic acids is 1. The number of hydrogen-bond acceptors (Lipinski definition) is 4. The number of benzene rings is 2. The molecule has 2 aromatic carbocycles. The smallest absolute Gasteiger partial charge is 0.155 e. The van der Waals surface area contributed by atoms with E-state index < -0.39 is 0 Å². The number of carbonyl (C=O) groups is 1. The van der Waals surface area contributed by atoms with Gasteiger partial charge in [0.2, 0.25) is 0 Å². The Labute approximate surface area is 212 Å². The Kier molecular flexibility index (Phi) is 7.39. The maximum Gasteiger partial charge on any atom is 0.155 e. The Hall–Kier alpha value is -3.28. The maximum absolute atomic E-state index is 10.0. The fraction of sp³-hybridized carbons (Fsp3) is 0.222. The fourth-order valence-electron chi connectivity index (χ4n) is 4.13. The number of ketones is 1. The number of aliphatic hydroxyl groups excluding tert-OH is 1. The molecule has 0 unspecified atom stereocenters. The number of allylic oxidation sites excluding steroid dienone is 2. The molecule has 1 radical (unpaired) electrons. The Bertz CT molecular complexity index is 1560. The molecule has 7 heteroatoms. The van der Waals surface area contributed by atoms with Gasteiger partial charge in [-0.3, -0.25) is 4.79 Å². The van der Waals surface area contributed by atoms with Gasteiger partial charge < -0.3 is 5.11 Å². The molecular formula is C27H27IrN4O2-. The van der Waals surface area contributed by atoms with Crippen LogP contribution in [-0.4, -0.2) is 30.1 Å². The first-order valence-corrected chi connectivity index (χ1v) is 10.8. The molecule has 5 rings (SSSR count). The minimum absolute atomic E-state index is 0. The van der Waals surface area contributed by atoms with Gasteiger partial charge in [-0.2, -0.15) is 28.4 Å². The molecule has 177 valence electrons. The number of hydrogen-bond donors (Lipinski definition) is 1. The molecule has 3 heterocycles. The molecule has 0 saturated carbocycles. The van der Waals surface area contributed by atoms with Gasteiger partial charge in [-0.15, -0.1) is 5.56 Å². The maximum atomic E-state index is 10.0. The first kappa shape index (κ1) is 25.3. The third-order valence-electron chi connectivity index (χ3n) is 5.61. The Morgan fingerprint density at radius 3 is 2.29 bits per heavy atom. The molecule has 0 aliphatic rings. The third kappa shape index (κ3) is 4.67. The van der Waals surface area contributed by atoms with Gasteiger partial charge in [-0.1, -0.05) is 23.6 Å². The average Bonchev–Trinajstić information content (AvgIpc) is 3.31. The van der Waals surface area contributed by atoms with Crippen LogP contribution in [0.15, 0.2) is 54.3 Å². The molecule has 0 bridgehead atoms. The molecule has 0 fully saturated rings. The Morgan fingerprint density at radius 2 is 1.65 bits per heavy atom. The van der Waals surface area contributed by atoms with Gasteiger partial charge in [0.25, 0.3) is 0 Å². The van der Waals surface area contributed by atoms with Crippen molar-refractivity contribution in [1.29, 1.82) is 0 Å². The number of aryl methyl sites for hydroxylation is 3. The van der Waals surface area contributed by atoms with E-state index in [0.29, 0.717) is 0 Å². The summed E-state index contributed by atoms with van der Waals surface area (Å²) in [5.41, 5.74) is 10.0. The predicted molar refractivity (Wildman–Crippen MR) is 132 cm³/mol. The van der Waals surface area contributed by atoms with Gasteiger partial charge in [0.15, 0.2) is 11.4 Å². The van der Waals surface area contributed by atoms with Crippen LogP contribution < -0.4 is 0 Å². The van der Waals surface area contributed by atoms with Crippen LogP contribution in [0.2, 0.25) is 0 Å². The summed E-state index contributed by atoms with van der Waals surface area (Å²) >= 11 is 0. The van der Waals surface area contributed by atoms with Crippen molar-refractivity contribution in [3.05, 3.63) is 82.9 Å². The summed E-state index contributed by atoms with van der Waals surface area (Å²) in [5.74, 6) is -0.0625. The topological polar surface area (TPSA) is 71.9 Å². The van der Waals surface area contributed by atoms with Crippen LogP contribution in [-0.2, 0) is 24.9 Å². The van der Waals surface area contributed by atoms with Crippen LogP contribution in [0.25, 0.3) is 33.2 Å². The minimum Gasteiger partial charge on any atom is -0.512 e. The molecule has 1 N–H and O–H groups in total. The van der Waals surface area contributed by atoms with Crippen molar-refractivity contribution in [2.45, 2.75) is 41.5 Å². The van der Waals surface area contributed by atoms with Gasteiger partial charge in [0.05, 0.1) is 17.1 Å². The second kappa shape index (κ2) is 9.92. The number of aromatic nitrogens is 4. The summed E-state index contributed by atoms with van der Waals surface area (Å²) in [7, 11) is 0. The van der Waals surface area contributed by atoms with E-state index in [4.69, 9.17) is 15.3 Å². The summed E-state index contributed by atoms with van der Waals surface area (Å²) in [5, 5.41) is 18.9. The van der Waals surface area contributed by atoms with Crippen LogP contribution in [0.5, 0.6) is 0 Å². The van der Waals surface area contributed by atoms with Gasteiger partial charge in [0, 0.05) is 37.8 Å². The largest absolute Gasteiger partial charge is 0.512 e. The van der Waals surface area contributed by atoms with Crippen molar-refractivity contribution < 1.29 is 30.0 Å². The number of aliphatic hydroxyl groups is 1. The molecule has 6 nitrogen and oxygen atoms in total. The SMILES string of the molecule is CC(=O)/C=C(/C)O.Cc1cc2n(n1)c1[c-]ccc(-c3cccc(C)c3C)c1c1cc(C)nn12.[Ir]. The molecule has 3 aromatic heterocycles. The Balaban J connectivity index is 0.000000357. The van der Waals surface area contributed by atoms with E-state index in [2.05, 4.69) is 56.3 Å². The van der Waals surface area contributed by atoms with Crippen LogP contribution in [0, 0.1) is 33.8 Å². The van der Waals surface area contributed by atoms with Crippen LogP contribution in [0.3, 0.4) is 0 Å². The molecule has 34 heavy (non-hydrogen) atoms. The van der Waals surface area contributed by atoms with Crippen molar-refractivity contribution in [2.75, 3.05) is 0 Å². The van der Waals surface area contributed by atoms with E-state index in [-0.39, 0.29) is 31.6 Å². The van der Waals surface area contributed by atoms with Crippen LogP contribution >= 0.6 is 0 Å². The molecule has 0 saturated heterocycles. The zero-order valence-electron chi connectivity index (χ0n) is 20.1. The second-order valence-corrected chi connectivity index (χ2v) is 8.40. The van der Waals surface area contributed by atoms with Crippen LogP contribution in [0.1, 0.15) is 36.4 Å². The summed E-state index contributed by atoms with van der Waals surface area (Å²) < 4.78 is 3.96. The van der Waals surface area contributed by atoms with Crippen molar-refractivity contribution in [1.82, 2.24) is 19.2 Å². The second-order valence-electron chi connectivity index (χ2n) is 8.40. The van der Waals surface area contributed by atoms with Crippen molar-refractivity contribution >= 4 is 27.9 Å². The molecular weight excluding hydrogens is 605 g/mol. The van der Waals surface area contributed by atoms with Crippen molar-refractivity contribution in [3.63, 3.8) is 0 Å². The molecule has 0 amide bonds. The van der Waals surface area contributed by atoms with E-state index in [1.807, 2.05) is 28.9 Å². The summed E-state index contributed by atoms with van der Waals surface area (Å²) in [6, 6.07) is 18.2. The van der Waals surface area contributed by atoms with Crippen molar-refractivity contribution in [2.24, 2.45) is 0 Å². The van der Waals surface area contributed by atoms with E-state index in [0.717, 1.165) is 33.5 Å². The van der Waals surface area contributed by atoms with Gasteiger partial charge in [0.1, 0.15) is 0 Å². The van der Waals surface area contributed by atoms with Gasteiger partial charge in [-0.25, -0.2) is 9.03 Å². The molecule has 0 aliphatic carbocycles. The fourth-order valence-corrected chi connectivity index (χ4v) is 4.13. The first-order chi connectivity index (χ1) is 15.7. The third-order valence-corrected chi connectivity index (χ3v) is 5.61. The van der Waals surface area contributed by atoms with E-state index in [9.17, 15) is 4.79 Å². The molecule has 5 aromatic rings. The quantitative estimate of drug-likeness (QED) is 0.150. The van der Waals surface area contributed by atoms with E-state index in [1.165, 1.54) is 42.2 Å². The summed E-state index contributed by atoms with van der Waals surface area (Å²) in [6.45, 7) is 11.2. The monoisotopic (exact) mass is 632 g/mol.